The van der Waals surface area contributed by atoms with Crippen molar-refractivity contribution in [3.63, 3.8) is 0 Å². The second-order valence-corrected chi connectivity index (χ2v) is 6.73. The fraction of sp³-hybridized carbons (Fsp3) is 0.600. The van der Waals surface area contributed by atoms with E-state index in [1.54, 1.807) is 35.3 Å². The third kappa shape index (κ3) is 6.42. The standard InChI is InChI=1S/C20H33N5O4/c1-15(26)25-10-8-24(9-11-25)7-6-22-20(21-2)23-14-16-12-17(27-3)19(29-5)18(13-16)28-4/h12-13H,6-11,14H2,1-5H3,(H2,21,22,23). The minimum Gasteiger partial charge on any atom is -0.493 e. The minimum absolute atomic E-state index is 0.152. The van der Waals surface area contributed by atoms with Crippen molar-refractivity contribution in [2.24, 2.45) is 4.99 Å². The number of ether oxygens (including phenoxy) is 3. The molecule has 0 aliphatic carbocycles. The number of nitrogens with one attached hydrogen (secondary N) is 2. The summed E-state index contributed by atoms with van der Waals surface area (Å²) in [6, 6.07) is 3.83. The van der Waals surface area contributed by atoms with Gasteiger partial charge in [0.05, 0.1) is 21.3 Å². The van der Waals surface area contributed by atoms with E-state index in [0.717, 1.165) is 50.8 Å². The van der Waals surface area contributed by atoms with Crippen molar-refractivity contribution in [1.29, 1.82) is 0 Å². The smallest absolute Gasteiger partial charge is 0.219 e. The number of amides is 1. The molecule has 9 nitrogen and oxygen atoms in total. The summed E-state index contributed by atoms with van der Waals surface area (Å²) in [6.07, 6.45) is 0. The molecule has 1 aromatic carbocycles. The molecule has 9 heteroatoms. The van der Waals surface area contributed by atoms with Crippen LogP contribution in [0, 0.1) is 0 Å². The van der Waals surface area contributed by atoms with Crippen molar-refractivity contribution in [2.45, 2.75) is 13.5 Å². The van der Waals surface area contributed by atoms with Crippen molar-refractivity contribution in [3.8, 4) is 17.2 Å². The van der Waals surface area contributed by atoms with Crippen LogP contribution >= 0.6 is 0 Å². The summed E-state index contributed by atoms with van der Waals surface area (Å²) >= 11 is 0. The van der Waals surface area contributed by atoms with Gasteiger partial charge in [0.15, 0.2) is 17.5 Å². The van der Waals surface area contributed by atoms with Gasteiger partial charge in [-0.15, -0.1) is 0 Å². The highest BCUT2D eigenvalue weighted by molar-refractivity contribution is 5.79. The number of benzene rings is 1. The lowest BCUT2D eigenvalue weighted by Crippen LogP contribution is -2.50. The van der Waals surface area contributed by atoms with Crippen molar-refractivity contribution >= 4 is 11.9 Å². The Balaban J connectivity index is 1.81. The van der Waals surface area contributed by atoms with Gasteiger partial charge in [0.2, 0.25) is 11.7 Å². The summed E-state index contributed by atoms with van der Waals surface area (Å²) < 4.78 is 16.2. The van der Waals surface area contributed by atoms with E-state index in [4.69, 9.17) is 14.2 Å². The summed E-state index contributed by atoms with van der Waals surface area (Å²) in [5.74, 6) is 2.69. The zero-order chi connectivity index (χ0) is 21.2. The topological polar surface area (TPSA) is 87.7 Å². The maximum absolute atomic E-state index is 11.4. The van der Waals surface area contributed by atoms with Crippen molar-refractivity contribution < 1.29 is 19.0 Å². The van der Waals surface area contributed by atoms with Crippen LogP contribution in [0.1, 0.15) is 12.5 Å². The monoisotopic (exact) mass is 407 g/mol. The summed E-state index contributed by atoms with van der Waals surface area (Å²) in [7, 11) is 6.54. The summed E-state index contributed by atoms with van der Waals surface area (Å²) in [4.78, 5) is 19.9. The maximum Gasteiger partial charge on any atom is 0.219 e. The van der Waals surface area contributed by atoms with Crippen LogP contribution in [0.2, 0.25) is 0 Å². The average molecular weight is 408 g/mol. The van der Waals surface area contributed by atoms with Gasteiger partial charge in [-0.05, 0) is 17.7 Å². The number of aliphatic imine (C=N–C) groups is 1. The van der Waals surface area contributed by atoms with Crippen LogP contribution in [0.5, 0.6) is 17.2 Å². The number of carbonyl (C=O) groups excluding carboxylic acids is 1. The number of hydrogen-bond donors (Lipinski definition) is 2. The van der Waals surface area contributed by atoms with Gasteiger partial charge in [0.25, 0.3) is 0 Å². The second-order valence-electron chi connectivity index (χ2n) is 6.73. The van der Waals surface area contributed by atoms with Crippen LogP contribution in [0.4, 0.5) is 0 Å². The summed E-state index contributed by atoms with van der Waals surface area (Å²) in [5, 5.41) is 6.63. The Morgan fingerprint density at radius 3 is 2.14 bits per heavy atom. The molecule has 1 aliphatic rings. The molecule has 1 aliphatic heterocycles. The normalized spacial score (nSPS) is 15.1. The average Bonchev–Trinajstić information content (AvgIpc) is 2.75. The fourth-order valence-electron chi connectivity index (χ4n) is 3.26. The highest BCUT2D eigenvalue weighted by atomic mass is 16.5. The molecular formula is C20H33N5O4. The number of methoxy groups -OCH3 is 3. The Bertz CT molecular complexity index is 677. The maximum atomic E-state index is 11.4. The predicted molar refractivity (Wildman–Crippen MR) is 113 cm³/mol. The molecule has 1 amide bonds. The fourth-order valence-corrected chi connectivity index (χ4v) is 3.26. The number of nitrogens with zero attached hydrogens (tertiary/aromatic N) is 3. The van der Waals surface area contributed by atoms with Crippen molar-refractivity contribution in [1.82, 2.24) is 20.4 Å². The van der Waals surface area contributed by atoms with Crippen LogP contribution in [-0.4, -0.2) is 89.3 Å². The molecule has 29 heavy (non-hydrogen) atoms. The molecule has 1 fully saturated rings. The van der Waals surface area contributed by atoms with E-state index in [1.807, 2.05) is 17.0 Å². The van der Waals surface area contributed by atoms with E-state index in [-0.39, 0.29) is 5.91 Å². The molecule has 2 N–H and O–H groups in total. The van der Waals surface area contributed by atoms with E-state index in [1.165, 1.54) is 0 Å². The van der Waals surface area contributed by atoms with Gasteiger partial charge >= 0.3 is 0 Å². The predicted octanol–water partition coefficient (Wildman–Crippen LogP) is 0.542. The highest BCUT2D eigenvalue weighted by Crippen LogP contribution is 2.38. The molecule has 0 bridgehead atoms. The molecule has 1 aromatic rings. The lowest BCUT2D eigenvalue weighted by molar-refractivity contribution is -0.130. The van der Waals surface area contributed by atoms with Gasteiger partial charge in [0, 0.05) is 59.8 Å². The minimum atomic E-state index is 0.152. The molecule has 0 unspecified atom stereocenters. The Labute approximate surface area is 173 Å². The van der Waals surface area contributed by atoms with Gasteiger partial charge in [-0.3, -0.25) is 14.7 Å². The summed E-state index contributed by atoms with van der Waals surface area (Å²) in [5.41, 5.74) is 0.989. The highest BCUT2D eigenvalue weighted by Gasteiger charge is 2.18. The van der Waals surface area contributed by atoms with Crippen LogP contribution in [0.25, 0.3) is 0 Å². The first-order valence-electron chi connectivity index (χ1n) is 9.73. The molecule has 0 aromatic heterocycles. The van der Waals surface area contributed by atoms with Crippen molar-refractivity contribution in [2.75, 3.05) is 67.6 Å². The Morgan fingerprint density at radius 2 is 1.66 bits per heavy atom. The van der Waals surface area contributed by atoms with E-state index < -0.39 is 0 Å². The van der Waals surface area contributed by atoms with Crippen LogP contribution in [-0.2, 0) is 11.3 Å². The van der Waals surface area contributed by atoms with Gasteiger partial charge in [-0.2, -0.15) is 0 Å². The number of piperazine rings is 1. The molecule has 0 saturated carbocycles. The van der Waals surface area contributed by atoms with Gasteiger partial charge in [0.1, 0.15) is 0 Å². The third-order valence-electron chi connectivity index (χ3n) is 4.95. The SMILES string of the molecule is CN=C(NCCN1CCN(C(C)=O)CC1)NCc1cc(OC)c(OC)c(OC)c1. The molecule has 162 valence electrons. The lowest BCUT2D eigenvalue weighted by atomic mass is 10.2. The Morgan fingerprint density at radius 1 is 1.03 bits per heavy atom. The van der Waals surface area contributed by atoms with Crippen LogP contribution in [0.3, 0.4) is 0 Å². The lowest BCUT2D eigenvalue weighted by Gasteiger charge is -2.34. The molecule has 1 saturated heterocycles. The third-order valence-corrected chi connectivity index (χ3v) is 4.95. The zero-order valence-corrected chi connectivity index (χ0v) is 18.1. The largest absolute Gasteiger partial charge is 0.493 e. The molecule has 0 atom stereocenters. The second kappa shape index (κ2) is 11.4. The van der Waals surface area contributed by atoms with Crippen molar-refractivity contribution in [3.05, 3.63) is 17.7 Å². The quantitative estimate of drug-likeness (QED) is 0.480. The zero-order valence-electron chi connectivity index (χ0n) is 18.1. The molecule has 0 spiro atoms. The van der Waals surface area contributed by atoms with Gasteiger partial charge < -0.3 is 29.7 Å². The van der Waals surface area contributed by atoms with E-state index in [0.29, 0.717) is 23.8 Å². The number of guanidine groups is 1. The van der Waals surface area contributed by atoms with Crippen LogP contribution < -0.4 is 24.8 Å². The molecular weight excluding hydrogens is 374 g/mol. The Hall–Kier alpha value is -2.68. The molecule has 0 radical (unpaired) electrons. The van der Waals surface area contributed by atoms with Crippen LogP contribution in [0.15, 0.2) is 17.1 Å². The summed E-state index contributed by atoms with van der Waals surface area (Å²) in [6.45, 7) is 7.25. The number of hydrogen-bond acceptors (Lipinski definition) is 6. The molecule has 2 rings (SSSR count). The van der Waals surface area contributed by atoms with E-state index in [2.05, 4.69) is 20.5 Å². The Kier molecular flexibility index (Phi) is 8.85. The van der Waals surface area contributed by atoms with Gasteiger partial charge in [-0.25, -0.2) is 0 Å². The first-order valence-corrected chi connectivity index (χ1v) is 9.73. The molecule has 1 heterocycles. The van der Waals surface area contributed by atoms with E-state index in [9.17, 15) is 4.79 Å². The number of carbonyl (C=O) groups is 1. The first kappa shape index (κ1) is 22.6. The first-order chi connectivity index (χ1) is 14.0. The van der Waals surface area contributed by atoms with E-state index >= 15 is 0 Å². The van der Waals surface area contributed by atoms with Gasteiger partial charge in [-0.1, -0.05) is 0 Å². The number of rotatable bonds is 8.